The van der Waals surface area contributed by atoms with E-state index >= 15 is 0 Å². The third-order valence-corrected chi connectivity index (χ3v) is 5.13. The van der Waals surface area contributed by atoms with Crippen LogP contribution in [-0.2, 0) is 9.53 Å². The molecule has 0 aliphatic heterocycles. The Kier molecular flexibility index (Phi) is 21.8. The average molecular weight is 397 g/mol. The van der Waals surface area contributed by atoms with Crippen LogP contribution in [0.2, 0.25) is 0 Å². The normalized spacial score (nSPS) is 12.5. The van der Waals surface area contributed by atoms with Gasteiger partial charge in [0, 0.05) is 6.42 Å². The molecule has 28 heavy (non-hydrogen) atoms. The topological polar surface area (TPSA) is 46.5 Å². The van der Waals surface area contributed by atoms with E-state index in [1.807, 2.05) is 0 Å². The van der Waals surface area contributed by atoms with Crippen LogP contribution in [0.25, 0.3) is 0 Å². The van der Waals surface area contributed by atoms with Crippen molar-refractivity contribution in [2.24, 2.45) is 0 Å². The van der Waals surface area contributed by atoms with E-state index in [4.69, 9.17) is 9.84 Å². The first-order valence-corrected chi connectivity index (χ1v) is 12.2. The maximum absolute atomic E-state index is 11.4. The molecule has 0 amide bonds. The second-order valence-electron chi connectivity index (χ2n) is 8.28. The summed E-state index contributed by atoms with van der Waals surface area (Å²) in [5.74, 6) is -0.179. The van der Waals surface area contributed by atoms with Gasteiger partial charge in [0.1, 0.15) is 6.61 Å². The Morgan fingerprint density at radius 2 is 1.18 bits per heavy atom. The summed E-state index contributed by atoms with van der Waals surface area (Å²) in [5.41, 5.74) is 0. The first-order valence-electron chi connectivity index (χ1n) is 12.2. The number of carbonyl (C=O) groups excluding carboxylic acids is 1. The number of hydrogen-bond acceptors (Lipinski definition) is 3. The predicted octanol–water partition coefficient (Wildman–Crippen LogP) is 7.51. The molecule has 3 heteroatoms. The molecule has 0 saturated carbocycles. The molecule has 0 aliphatic carbocycles. The number of allylic oxidation sites excluding steroid dienone is 2. The molecular weight excluding hydrogens is 348 g/mol. The zero-order chi connectivity index (χ0) is 20.7. The Bertz CT molecular complexity index is 350. The highest BCUT2D eigenvalue weighted by Crippen LogP contribution is 2.12. The van der Waals surface area contributed by atoms with E-state index in [2.05, 4.69) is 19.1 Å². The molecule has 0 radical (unpaired) electrons. The van der Waals surface area contributed by atoms with Crippen LogP contribution in [0.3, 0.4) is 0 Å². The summed E-state index contributed by atoms with van der Waals surface area (Å²) in [6.45, 7) is 4.02. The van der Waals surface area contributed by atoms with Gasteiger partial charge in [-0.1, -0.05) is 96.1 Å². The van der Waals surface area contributed by atoms with Crippen LogP contribution in [0.5, 0.6) is 0 Å². The Balaban J connectivity index is 3.15. The van der Waals surface area contributed by atoms with Crippen LogP contribution in [0, 0.1) is 0 Å². The van der Waals surface area contributed by atoms with Gasteiger partial charge >= 0.3 is 5.97 Å². The lowest BCUT2D eigenvalue weighted by Gasteiger charge is -2.06. The van der Waals surface area contributed by atoms with E-state index in [0.717, 1.165) is 12.8 Å². The van der Waals surface area contributed by atoms with Crippen LogP contribution in [-0.4, -0.2) is 23.8 Å². The molecule has 0 aromatic rings. The van der Waals surface area contributed by atoms with Crippen LogP contribution in [0.1, 0.15) is 129 Å². The fourth-order valence-electron chi connectivity index (χ4n) is 3.33. The maximum atomic E-state index is 11.4. The maximum Gasteiger partial charge on any atom is 0.305 e. The van der Waals surface area contributed by atoms with Crippen molar-refractivity contribution < 1.29 is 14.6 Å². The van der Waals surface area contributed by atoms with Gasteiger partial charge in [0.25, 0.3) is 0 Å². The number of carbonyl (C=O) groups is 1. The van der Waals surface area contributed by atoms with Crippen molar-refractivity contribution in [3.8, 4) is 0 Å². The first-order chi connectivity index (χ1) is 13.7. The molecule has 166 valence electrons. The summed E-state index contributed by atoms with van der Waals surface area (Å²) in [7, 11) is 0. The SMILES string of the molecule is CCCCCCCC/C=C\CCCCCCCCCCCC(=O)OCC(C)O. The first kappa shape index (κ1) is 27.2. The van der Waals surface area contributed by atoms with Gasteiger partial charge in [-0.15, -0.1) is 0 Å². The minimum absolute atomic E-state index is 0.119. The Labute approximate surface area is 175 Å². The molecule has 0 heterocycles. The Hall–Kier alpha value is -0.830. The monoisotopic (exact) mass is 396 g/mol. The highest BCUT2D eigenvalue weighted by molar-refractivity contribution is 5.69. The van der Waals surface area contributed by atoms with Gasteiger partial charge in [-0.3, -0.25) is 4.79 Å². The van der Waals surface area contributed by atoms with Gasteiger partial charge in [-0.2, -0.15) is 0 Å². The lowest BCUT2D eigenvalue weighted by Crippen LogP contribution is -2.14. The number of ether oxygens (including phenoxy) is 1. The van der Waals surface area contributed by atoms with Crippen molar-refractivity contribution >= 4 is 5.97 Å². The molecule has 0 saturated heterocycles. The molecule has 1 N–H and O–H groups in total. The van der Waals surface area contributed by atoms with E-state index in [-0.39, 0.29) is 12.6 Å². The summed E-state index contributed by atoms with van der Waals surface area (Å²) in [6, 6.07) is 0. The van der Waals surface area contributed by atoms with Crippen molar-refractivity contribution in [1.82, 2.24) is 0 Å². The summed E-state index contributed by atoms with van der Waals surface area (Å²) in [6.07, 6.45) is 26.8. The van der Waals surface area contributed by atoms with Crippen molar-refractivity contribution in [2.45, 2.75) is 136 Å². The van der Waals surface area contributed by atoms with Gasteiger partial charge in [0.15, 0.2) is 0 Å². The largest absolute Gasteiger partial charge is 0.463 e. The van der Waals surface area contributed by atoms with Crippen LogP contribution >= 0.6 is 0 Å². The van der Waals surface area contributed by atoms with Crippen molar-refractivity contribution in [2.75, 3.05) is 6.61 Å². The number of aliphatic hydroxyl groups excluding tert-OH is 1. The third kappa shape index (κ3) is 23.2. The lowest BCUT2D eigenvalue weighted by molar-refractivity contribution is -0.146. The van der Waals surface area contributed by atoms with E-state index in [9.17, 15) is 4.79 Å². The second-order valence-corrected chi connectivity index (χ2v) is 8.28. The molecule has 0 spiro atoms. The smallest absolute Gasteiger partial charge is 0.305 e. The fourth-order valence-corrected chi connectivity index (χ4v) is 3.33. The Morgan fingerprint density at radius 3 is 1.64 bits per heavy atom. The summed E-state index contributed by atoms with van der Waals surface area (Å²) >= 11 is 0. The molecule has 1 atom stereocenters. The van der Waals surface area contributed by atoms with Gasteiger partial charge in [0.05, 0.1) is 6.10 Å². The van der Waals surface area contributed by atoms with Gasteiger partial charge in [-0.25, -0.2) is 0 Å². The lowest BCUT2D eigenvalue weighted by atomic mass is 10.1. The van der Waals surface area contributed by atoms with E-state index in [1.165, 1.54) is 96.3 Å². The third-order valence-electron chi connectivity index (χ3n) is 5.13. The zero-order valence-electron chi connectivity index (χ0n) is 18.9. The molecule has 0 aromatic heterocycles. The van der Waals surface area contributed by atoms with E-state index in [0.29, 0.717) is 6.42 Å². The second kappa shape index (κ2) is 22.5. The number of aliphatic hydroxyl groups is 1. The molecule has 0 aliphatic rings. The van der Waals surface area contributed by atoms with Gasteiger partial charge in [0.2, 0.25) is 0 Å². The molecule has 1 unspecified atom stereocenters. The zero-order valence-corrected chi connectivity index (χ0v) is 18.9. The number of hydrogen-bond donors (Lipinski definition) is 1. The minimum Gasteiger partial charge on any atom is -0.463 e. The Morgan fingerprint density at radius 1 is 0.750 bits per heavy atom. The predicted molar refractivity (Wildman–Crippen MR) is 121 cm³/mol. The molecule has 0 bridgehead atoms. The highest BCUT2D eigenvalue weighted by Gasteiger charge is 2.04. The summed E-state index contributed by atoms with van der Waals surface area (Å²) in [4.78, 5) is 11.4. The van der Waals surface area contributed by atoms with Crippen LogP contribution < -0.4 is 0 Å². The van der Waals surface area contributed by atoms with E-state index in [1.54, 1.807) is 6.92 Å². The molecule has 0 aromatic carbocycles. The molecule has 0 fully saturated rings. The van der Waals surface area contributed by atoms with Crippen molar-refractivity contribution in [3.63, 3.8) is 0 Å². The summed E-state index contributed by atoms with van der Waals surface area (Å²) < 4.78 is 4.95. The number of esters is 1. The minimum atomic E-state index is -0.565. The van der Waals surface area contributed by atoms with Crippen LogP contribution in [0.15, 0.2) is 12.2 Å². The van der Waals surface area contributed by atoms with Crippen LogP contribution in [0.4, 0.5) is 0 Å². The standard InChI is InChI=1S/C25H48O3/c1-3-4-5-6-7-8-9-10-11-12-13-14-15-16-17-18-19-20-21-22-25(27)28-23-24(2)26/h10-11,24,26H,3-9,12-23H2,1-2H3/b11-10-. The van der Waals surface area contributed by atoms with Crippen molar-refractivity contribution in [3.05, 3.63) is 12.2 Å². The quantitative estimate of drug-likeness (QED) is 0.124. The molecule has 3 nitrogen and oxygen atoms in total. The highest BCUT2D eigenvalue weighted by atomic mass is 16.5. The summed E-state index contributed by atoms with van der Waals surface area (Å²) in [5, 5.41) is 9.06. The fraction of sp³-hybridized carbons (Fsp3) is 0.880. The average Bonchev–Trinajstić information content (AvgIpc) is 2.68. The molecule has 0 rings (SSSR count). The molecular formula is C25H48O3. The van der Waals surface area contributed by atoms with Gasteiger partial charge < -0.3 is 9.84 Å². The van der Waals surface area contributed by atoms with Crippen molar-refractivity contribution in [1.29, 1.82) is 0 Å². The number of unbranched alkanes of at least 4 members (excludes halogenated alkanes) is 15. The number of rotatable bonds is 21. The van der Waals surface area contributed by atoms with E-state index < -0.39 is 6.10 Å². The van der Waals surface area contributed by atoms with Gasteiger partial charge in [-0.05, 0) is 39.0 Å².